The second kappa shape index (κ2) is 9.98. The van der Waals surface area contributed by atoms with E-state index in [-0.39, 0.29) is 23.2 Å². The van der Waals surface area contributed by atoms with Crippen molar-refractivity contribution in [1.82, 2.24) is 15.4 Å². The fraction of sp³-hybridized carbons (Fsp3) is 0.562. The van der Waals surface area contributed by atoms with E-state index in [0.29, 0.717) is 31.1 Å². The fourth-order valence-electron chi connectivity index (χ4n) is 2.11. The van der Waals surface area contributed by atoms with E-state index in [0.717, 1.165) is 25.8 Å². The van der Waals surface area contributed by atoms with Crippen molar-refractivity contribution in [1.29, 1.82) is 0 Å². The van der Waals surface area contributed by atoms with E-state index in [9.17, 15) is 13.2 Å². The normalized spacial score (nSPS) is 14.0. The van der Waals surface area contributed by atoms with Gasteiger partial charge in [0, 0.05) is 25.2 Å². The quantitative estimate of drug-likeness (QED) is 0.541. The van der Waals surface area contributed by atoms with Crippen LogP contribution in [0.15, 0.2) is 29.2 Å². The maximum absolute atomic E-state index is 12.2. The van der Waals surface area contributed by atoms with Crippen molar-refractivity contribution in [2.75, 3.05) is 26.2 Å². The van der Waals surface area contributed by atoms with E-state index < -0.39 is 10.0 Å². The summed E-state index contributed by atoms with van der Waals surface area (Å²) in [5.74, 6) is 0.203. The Hall–Kier alpha value is -1.15. The number of sulfonamides is 1. The lowest BCUT2D eigenvalue weighted by Crippen LogP contribution is -2.32. The van der Waals surface area contributed by atoms with Crippen molar-refractivity contribution >= 4 is 28.3 Å². The summed E-state index contributed by atoms with van der Waals surface area (Å²) in [5.41, 5.74) is 0.356. The molecule has 1 amide bonds. The van der Waals surface area contributed by atoms with Crippen molar-refractivity contribution in [2.45, 2.75) is 31.1 Å². The number of rotatable bonds is 10. The van der Waals surface area contributed by atoms with Crippen LogP contribution in [0.5, 0.6) is 0 Å². The van der Waals surface area contributed by atoms with E-state index in [2.05, 4.69) is 22.3 Å². The Bertz CT molecular complexity index is 633. The number of carbonyl (C=O) groups is 1. The van der Waals surface area contributed by atoms with Crippen molar-refractivity contribution in [2.24, 2.45) is 5.92 Å². The Morgan fingerprint density at radius 1 is 1.21 bits per heavy atom. The van der Waals surface area contributed by atoms with Crippen molar-refractivity contribution < 1.29 is 13.2 Å². The standard InChI is InChI=1S/C16H25N3O3S.ClH/c1-2-8-17-9-10-18-16(20)14-4-3-5-15(11-14)23(21,22)19-12-13-6-7-13;/h3-5,11,13,17,19H,2,6-10,12H2,1H3,(H,18,20);1H. The van der Waals surface area contributed by atoms with Crippen LogP contribution in [-0.4, -0.2) is 40.5 Å². The fourth-order valence-corrected chi connectivity index (χ4v) is 3.27. The van der Waals surface area contributed by atoms with Crippen LogP contribution in [0.1, 0.15) is 36.5 Å². The molecule has 1 aliphatic rings. The number of benzene rings is 1. The number of carbonyl (C=O) groups excluding carboxylic acids is 1. The molecule has 0 bridgehead atoms. The molecule has 3 N–H and O–H groups in total. The van der Waals surface area contributed by atoms with Gasteiger partial charge in [-0.1, -0.05) is 13.0 Å². The summed E-state index contributed by atoms with van der Waals surface area (Å²) in [6, 6.07) is 6.14. The van der Waals surface area contributed by atoms with Gasteiger partial charge in [-0.25, -0.2) is 13.1 Å². The first-order chi connectivity index (χ1) is 11.0. The summed E-state index contributed by atoms with van der Waals surface area (Å²) in [4.78, 5) is 12.2. The van der Waals surface area contributed by atoms with Crippen LogP contribution in [0, 0.1) is 5.92 Å². The van der Waals surface area contributed by atoms with E-state index in [1.165, 1.54) is 12.1 Å². The zero-order chi connectivity index (χ0) is 16.7. The molecule has 24 heavy (non-hydrogen) atoms. The first-order valence-electron chi connectivity index (χ1n) is 8.11. The summed E-state index contributed by atoms with van der Waals surface area (Å²) in [5, 5.41) is 5.97. The molecule has 0 heterocycles. The Balaban J connectivity index is 0.00000288. The van der Waals surface area contributed by atoms with Gasteiger partial charge in [0.2, 0.25) is 10.0 Å². The Labute approximate surface area is 150 Å². The van der Waals surface area contributed by atoms with E-state index in [4.69, 9.17) is 0 Å². The lowest BCUT2D eigenvalue weighted by atomic mass is 10.2. The van der Waals surface area contributed by atoms with Gasteiger partial charge in [-0.15, -0.1) is 12.4 Å². The van der Waals surface area contributed by atoms with Gasteiger partial charge in [0.05, 0.1) is 4.90 Å². The number of hydrogen-bond acceptors (Lipinski definition) is 4. The van der Waals surface area contributed by atoms with E-state index in [1.807, 2.05) is 0 Å². The summed E-state index contributed by atoms with van der Waals surface area (Å²) >= 11 is 0. The SMILES string of the molecule is CCCNCCNC(=O)c1cccc(S(=O)(=O)NCC2CC2)c1.Cl. The zero-order valence-electron chi connectivity index (χ0n) is 13.9. The third-order valence-electron chi connectivity index (χ3n) is 3.68. The van der Waals surface area contributed by atoms with Gasteiger partial charge in [0.1, 0.15) is 0 Å². The van der Waals surface area contributed by atoms with Gasteiger partial charge >= 0.3 is 0 Å². The molecule has 136 valence electrons. The molecule has 0 unspecified atom stereocenters. The Morgan fingerprint density at radius 2 is 1.96 bits per heavy atom. The molecule has 8 heteroatoms. The van der Waals surface area contributed by atoms with Gasteiger partial charge in [-0.05, 0) is 49.9 Å². The highest BCUT2D eigenvalue weighted by atomic mass is 35.5. The number of nitrogens with one attached hydrogen (secondary N) is 3. The monoisotopic (exact) mass is 375 g/mol. The highest BCUT2D eigenvalue weighted by Crippen LogP contribution is 2.28. The van der Waals surface area contributed by atoms with Crippen molar-refractivity contribution in [3.05, 3.63) is 29.8 Å². The minimum atomic E-state index is -3.55. The van der Waals surface area contributed by atoms with Gasteiger partial charge in [-0.2, -0.15) is 0 Å². The van der Waals surface area contributed by atoms with Gasteiger partial charge in [-0.3, -0.25) is 4.79 Å². The molecule has 1 aromatic carbocycles. The summed E-state index contributed by atoms with van der Waals surface area (Å²) < 4.78 is 27.0. The third kappa shape index (κ3) is 6.76. The maximum Gasteiger partial charge on any atom is 0.251 e. The van der Waals surface area contributed by atoms with Gasteiger partial charge < -0.3 is 10.6 Å². The highest BCUT2D eigenvalue weighted by Gasteiger charge is 2.24. The Morgan fingerprint density at radius 3 is 2.62 bits per heavy atom. The molecular formula is C16H26ClN3O3S. The molecule has 0 aliphatic heterocycles. The van der Waals surface area contributed by atoms with Crippen LogP contribution in [0.2, 0.25) is 0 Å². The minimum absolute atomic E-state index is 0. The first-order valence-corrected chi connectivity index (χ1v) is 9.60. The molecule has 2 rings (SSSR count). The smallest absolute Gasteiger partial charge is 0.251 e. The molecule has 0 radical (unpaired) electrons. The van der Waals surface area contributed by atoms with Crippen molar-refractivity contribution in [3.8, 4) is 0 Å². The topological polar surface area (TPSA) is 87.3 Å². The minimum Gasteiger partial charge on any atom is -0.351 e. The predicted octanol–water partition coefficient (Wildman–Crippen LogP) is 1.53. The molecule has 0 aromatic heterocycles. The molecule has 0 saturated heterocycles. The number of halogens is 1. The summed E-state index contributed by atoms with van der Waals surface area (Å²) in [6.07, 6.45) is 3.20. The second-order valence-electron chi connectivity index (χ2n) is 5.83. The average molecular weight is 376 g/mol. The molecule has 0 spiro atoms. The van der Waals surface area contributed by atoms with Gasteiger partial charge in [0.15, 0.2) is 0 Å². The van der Waals surface area contributed by atoms with Crippen LogP contribution in [0.4, 0.5) is 0 Å². The second-order valence-corrected chi connectivity index (χ2v) is 7.60. The van der Waals surface area contributed by atoms with E-state index >= 15 is 0 Å². The van der Waals surface area contributed by atoms with Crippen LogP contribution in [-0.2, 0) is 10.0 Å². The first kappa shape index (κ1) is 20.9. The molecular weight excluding hydrogens is 350 g/mol. The molecule has 0 atom stereocenters. The third-order valence-corrected chi connectivity index (χ3v) is 5.10. The lowest BCUT2D eigenvalue weighted by Gasteiger charge is -2.09. The number of amides is 1. The van der Waals surface area contributed by atoms with E-state index in [1.54, 1.807) is 12.1 Å². The van der Waals surface area contributed by atoms with Crippen LogP contribution >= 0.6 is 12.4 Å². The summed E-state index contributed by atoms with van der Waals surface area (Å²) in [6.45, 7) is 4.67. The molecule has 1 fully saturated rings. The van der Waals surface area contributed by atoms with Crippen LogP contribution in [0.3, 0.4) is 0 Å². The average Bonchev–Trinajstić information content (AvgIpc) is 3.37. The highest BCUT2D eigenvalue weighted by molar-refractivity contribution is 7.89. The molecule has 1 saturated carbocycles. The zero-order valence-corrected chi connectivity index (χ0v) is 15.5. The lowest BCUT2D eigenvalue weighted by molar-refractivity contribution is 0.0953. The molecule has 1 aromatic rings. The Kier molecular flexibility index (Phi) is 8.69. The summed E-state index contributed by atoms with van der Waals surface area (Å²) in [7, 11) is -3.55. The largest absolute Gasteiger partial charge is 0.351 e. The van der Waals surface area contributed by atoms with Crippen LogP contribution in [0.25, 0.3) is 0 Å². The van der Waals surface area contributed by atoms with Gasteiger partial charge in [0.25, 0.3) is 5.91 Å². The number of hydrogen-bond donors (Lipinski definition) is 3. The predicted molar refractivity (Wildman–Crippen MR) is 97.1 cm³/mol. The van der Waals surface area contributed by atoms with Crippen molar-refractivity contribution in [3.63, 3.8) is 0 Å². The molecule has 1 aliphatic carbocycles. The van der Waals surface area contributed by atoms with Crippen LogP contribution < -0.4 is 15.4 Å². The maximum atomic E-state index is 12.2. The molecule has 6 nitrogen and oxygen atoms in total.